The lowest BCUT2D eigenvalue weighted by molar-refractivity contribution is 0.479. The number of phenolic OH excluding ortho intramolecular Hbond substituents is 1. The zero-order chi connectivity index (χ0) is 34.1. The smallest absolute Gasteiger partial charge is 0.164 e. The van der Waals surface area contributed by atoms with Crippen LogP contribution in [0.1, 0.15) is 0 Å². The summed E-state index contributed by atoms with van der Waals surface area (Å²) >= 11 is 0. The summed E-state index contributed by atoms with van der Waals surface area (Å²) in [6.07, 6.45) is 0. The van der Waals surface area contributed by atoms with Crippen LogP contribution in [0.5, 0.6) is 5.75 Å². The molecule has 0 aliphatic rings. The molecule has 0 fully saturated rings. The molecule has 1 heterocycles. The summed E-state index contributed by atoms with van der Waals surface area (Å²) in [6.45, 7) is 0. The highest BCUT2D eigenvalue weighted by atomic mass is 16.3. The van der Waals surface area contributed by atoms with E-state index in [0.29, 0.717) is 28.6 Å². The Morgan fingerprint density at radius 3 is 1.47 bits per heavy atom. The van der Waals surface area contributed by atoms with Crippen molar-refractivity contribution in [2.24, 2.45) is 0 Å². The SMILES string of the molecule is Oc1c(-c2cccc3ccccc23)ccc(-c2nc(-c3ccccc3)nc(-c3ccc(-c4ccccc4)c4ccccc34)n2)c1-c1ccccc1. The van der Waals surface area contributed by atoms with Crippen LogP contribution in [0.25, 0.3) is 89.1 Å². The average Bonchev–Trinajstić information content (AvgIpc) is 3.21. The maximum Gasteiger partial charge on any atom is 0.164 e. The van der Waals surface area contributed by atoms with E-state index < -0.39 is 0 Å². The maximum atomic E-state index is 12.3. The molecule has 4 nitrogen and oxygen atoms in total. The van der Waals surface area contributed by atoms with Gasteiger partial charge >= 0.3 is 0 Å². The number of benzene rings is 8. The highest BCUT2D eigenvalue weighted by Crippen LogP contribution is 2.46. The summed E-state index contributed by atoms with van der Waals surface area (Å²) in [6, 6.07) is 61.5. The van der Waals surface area contributed by atoms with Gasteiger partial charge in [0.05, 0.1) is 0 Å². The van der Waals surface area contributed by atoms with Crippen molar-refractivity contribution >= 4 is 21.5 Å². The summed E-state index contributed by atoms with van der Waals surface area (Å²) in [5, 5.41) is 16.6. The van der Waals surface area contributed by atoms with Crippen LogP contribution in [0, 0.1) is 0 Å². The van der Waals surface area contributed by atoms with Gasteiger partial charge in [0, 0.05) is 27.8 Å². The van der Waals surface area contributed by atoms with Gasteiger partial charge in [-0.3, -0.25) is 0 Å². The Hall–Kier alpha value is -6.91. The summed E-state index contributed by atoms with van der Waals surface area (Å²) in [7, 11) is 0. The summed E-state index contributed by atoms with van der Waals surface area (Å²) in [4.78, 5) is 15.4. The molecule has 0 spiro atoms. The van der Waals surface area contributed by atoms with Gasteiger partial charge in [0.15, 0.2) is 17.5 Å². The molecule has 9 aromatic rings. The fourth-order valence-corrected chi connectivity index (χ4v) is 7.05. The molecule has 1 N–H and O–H groups in total. The highest BCUT2D eigenvalue weighted by molar-refractivity contribution is 6.05. The molecule has 4 heteroatoms. The number of aromatic hydroxyl groups is 1. The lowest BCUT2D eigenvalue weighted by Crippen LogP contribution is -2.02. The number of hydrogen-bond donors (Lipinski definition) is 1. The Balaban J connectivity index is 1.30. The molecule has 51 heavy (non-hydrogen) atoms. The van der Waals surface area contributed by atoms with E-state index in [-0.39, 0.29) is 5.75 Å². The predicted octanol–water partition coefficient (Wildman–Crippen LogP) is 11.9. The van der Waals surface area contributed by atoms with Crippen LogP contribution < -0.4 is 0 Å². The molecule has 0 saturated carbocycles. The van der Waals surface area contributed by atoms with Gasteiger partial charge in [0.2, 0.25) is 0 Å². The Labute approximate surface area is 296 Å². The van der Waals surface area contributed by atoms with Crippen molar-refractivity contribution in [3.8, 4) is 73.3 Å². The van der Waals surface area contributed by atoms with Crippen LogP contribution in [0.15, 0.2) is 182 Å². The van der Waals surface area contributed by atoms with Crippen LogP contribution in [0.2, 0.25) is 0 Å². The van der Waals surface area contributed by atoms with Gasteiger partial charge in [0.1, 0.15) is 5.75 Å². The summed E-state index contributed by atoms with van der Waals surface area (Å²) in [5.41, 5.74) is 8.04. The summed E-state index contributed by atoms with van der Waals surface area (Å²) in [5.74, 6) is 1.78. The van der Waals surface area contributed by atoms with E-state index in [4.69, 9.17) is 15.0 Å². The van der Waals surface area contributed by atoms with E-state index in [2.05, 4.69) is 84.9 Å². The first-order valence-corrected chi connectivity index (χ1v) is 17.0. The highest BCUT2D eigenvalue weighted by Gasteiger charge is 2.22. The van der Waals surface area contributed by atoms with E-state index in [1.807, 2.05) is 97.1 Å². The topological polar surface area (TPSA) is 58.9 Å². The minimum atomic E-state index is 0.177. The van der Waals surface area contributed by atoms with Crippen LogP contribution in [0.3, 0.4) is 0 Å². The molecule has 0 bridgehead atoms. The predicted molar refractivity (Wildman–Crippen MR) is 209 cm³/mol. The third-order valence-corrected chi connectivity index (χ3v) is 9.48. The average molecular weight is 654 g/mol. The molecule has 0 aliphatic heterocycles. The van der Waals surface area contributed by atoms with Gasteiger partial charge in [-0.1, -0.05) is 164 Å². The number of aromatic nitrogens is 3. The molecular weight excluding hydrogens is 623 g/mol. The minimum absolute atomic E-state index is 0.177. The van der Waals surface area contributed by atoms with Crippen molar-refractivity contribution in [3.63, 3.8) is 0 Å². The molecule has 0 aliphatic carbocycles. The molecule has 240 valence electrons. The molecule has 0 saturated heterocycles. The Morgan fingerprint density at radius 1 is 0.294 bits per heavy atom. The van der Waals surface area contributed by atoms with Gasteiger partial charge in [-0.15, -0.1) is 0 Å². The van der Waals surface area contributed by atoms with E-state index >= 15 is 0 Å². The molecule has 0 amide bonds. The Morgan fingerprint density at radius 2 is 0.765 bits per heavy atom. The number of phenols is 1. The third-order valence-electron chi connectivity index (χ3n) is 9.48. The zero-order valence-electron chi connectivity index (χ0n) is 27.6. The molecule has 1 aromatic heterocycles. The fourth-order valence-electron chi connectivity index (χ4n) is 7.05. The first kappa shape index (κ1) is 30.2. The van der Waals surface area contributed by atoms with E-state index in [0.717, 1.165) is 60.5 Å². The van der Waals surface area contributed by atoms with Crippen molar-refractivity contribution < 1.29 is 5.11 Å². The van der Waals surface area contributed by atoms with Crippen molar-refractivity contribution in [1.29, 1.82) is 0 Å². The molecule has 0 atom stereocenters. The van der Waals surface area contributed by atoms with Crippen molar-refractivity contribution in [1.82, 2.24) is 15.0 Å². The maximum absolute atomic E-state index is 12.3. The van der Waals surface area contributed by atoms with Crippen LogP contribution in [0.4, 0.5) is 0 Å². The number of hydrogen-bond acceptors (Lipinski definition) is 4. The first-order valence-electron chi connectivity index (χ1n) is 17.0. The second-order valence-corrected chi connectivity index (χ2v) is 12.5. The van der Waals surface area contributed by atoms with Crippen LogP contribution in [-0.4, -0.2) is 20.1 Å². The van der Waals surface area contributed by atoms with Crippen molar-refractivity contribution in [3.05, 3.63) is 182 Å². The normalized spacial score (nSPS) is 11.2. The summed E-state index contributed by atoms with van der Waals surface area (Å²) < 4.78 is 0. The van der Waals surface area contributed by atoms with Crippen LogP contribution in [-0.2, 0) is 0 Å². The first-order chi connectivity index (χ1) is 25.2. The van der Waals surface area contributed by atoms with Gasteiger partial charge in [0.25, 0.3) is 0 Å². The monoisotopic (exact) mass is 653 g/mol. The van der Waals surface area contributed by atoms with E-state index in [9.17, 15) is 5.11 Å². The molecular formula is C47H31N3O. The number of nitrogens with zero attached hydrogens (tertiary/aromatic N) is 3. The fraction of sp³-hybridized carbons (Fsp3) is 0. The molecule has 8 aromatic carbocycles. The minimum Gasteiger partial charge on any atom is -0.507 e. The third kappa shape index (κ3) is 5.49. The standard InChI is InChI=1S/C47H31N3O/c51-44-40(38-26-14-22-32-17-10-11-23-35(32)38)28-30-42(43(44)33-18-6-2-7-19-33)47-49-45(34-20-8-3-9-21-34)48-46(50-47)41-29-27-36(31-15-4-1-5-16-31)37-24-12-13-25-39(37)41/h1-30,51H. The van der Waals surface area contributed by atoms with Gasteiger partial charge < -0.3 is 5.11 Å². The lowest BCUT2D eigenvalue weighted by Gasteiger charge is -2.17. The molecule has 9 rings (SSSR count). The van der Waals surface area contributed by atoms with Crippen molar-refractivity contribution in [2.45, 2.75) is 0 Å². The lowest BCUT2D eigenvalue weighted by atomic mass is 9.90. The van der Waals surface area contributed by atoms with E-state index in [1.54, 1.807) is 0 Å². The van der Waals surface area contributed by atoms with Gasteiger partial charge in [-0.2, -0.15) is 0 Å². The zero-order valence-corrected chi connectivity index (χ0v) is 27.6. The number of rotatable bonds is 6. The number of fused-ring (bicyclic) bond motifs is 2. The van der Waals surface area contributed by atoms with Crippen molar-refractivity contribution in [2.75, 3.05) is 0 Å². The second kappa shape index (κ2) is 12.8. The largest absolute Gasteiger partial charge is 0.507 e. The Kier molecular flexibility index (Phi) is 7.60. The molecule has 0 radical (unpaired) electrons. The second-order valence-electron chi connectivity index (χ2n) is 12.5. The van der Waals surface area contributed by atoms with Gasteiger partial charge in [-0.25, -0.2) is 15.0 Å². The van der Waals surface area contributed by atoms with E-state index in [1.165, 1.54) is 0 Å². The quantitative estimate of drug-likeness (QED) is 0.194. The van der Waals surface area contributed by atoms with Gasteiger partial charge in [-0.05, 0) is 62.0 Å². The van der Waals surface area contributed by atoms with Crippen LogP contribution >= 0.6 is 0 Å². The molecule has 0 unspecified atom stereocenters. The Bertz CT molecular complexity index is 2690.